The van der Waals surface area contributed by atoms with Crippen molar-refractivity contribution < 1.29 is 4.39 Å². The molecular weight excluding hydrogens is 323 g/mol. The monoisotopic (exact) mass is 350 g/mol. The molecule has 0 unspecified atom stereocenters. The number of halogens is 1. The van der Waals surface area contributed by atoms with Gasteiger partial charge in [0.05, 0.1) is 12.4 Å². The van der Waals surface area contributed by atoms with Crippen molar-refractivity contribution in [3.63, 3.8) is 0 Å². The lowest BCUT2D eigenvalue weighted by Crippen LogP contribution is -2.13. The van der Waals surface area contributed by atoms with Gasteiger partial charge in [-0.1, -0.05) is 56.2 Å². The third-order valence-corrected chi connectivity index (χ3v) is 5.30. The molecule has 2 nitrogen and oxygen atoms in total. The van der Waals surface area contributed by atoms with Crippen LogP contribution in [0.5, 0.6) is 0 Å². The van der Waals surface area contributed by atoms with Gasteiger partial charge in [-0.05, 0) is 66.3 Å². The van der Waals surface area contributed by atoms with E-state index in [1.807, 2.05) is 0 Å². The predicted octanol–water partition coefficient (Wildman–Crippen LogP) is 6.35. The van der Waals surface area contributed by atoms with E-state index in [-0.39, 0.29) is 5.82 Å². The lowest BCUT2D eigenvalue weighted by molar-refractivity contribution is 0.308. The van der Waals surface area contributed by atoms with Crippen molar-refractivity contribution in [1.82, 2.24) is 0 Å². The van der Waals surface area contributed by atoms with Crippen LogP contribution in [0.3, 0.4) is 0 Å². The van der Waals surface area contributed by atoms with Crippen LogP contribution in [-0.2, 0) is 0 Å². The summed E-state index contributed by atoms with van der Waals surface area (Å²) < 4.78 is 12.8. The zero-order valence-electron chi connectivity index (χ0n) is 15.4. The number of nitrogens with zero attached hydrogens (tertiary/aromatic N) is 2. The van der Waals surface area contributed by atoms with Crippen molar-refractivity contribution in [3.05, 3.63) is 71.0 Å². The maximum atomic E-state index is 12.8. The number of benzene rings is 2. The van der Waals surface area contributed by atoms with Crippen molar-refractivity contribution in [1.29, 1.82) is 0 Å². The van der Waals surface area contributed by atoms with Crippen LogP contribution in [0.25, 0.3) is 0 Å². The fourth-order valence-electron chi connectivity index (χ4n) is 3.80. The van der Waals surface area contributed by atoms with E-state index in [1.165, 1.54) is 56.2 Å². The molecule has 1 fully saturated rings. The molecule has 136 valence electrons. The Morgan fingerprint density at radius 1 is 0.846 bits per heavy atom. The van der Waals surface area contributed by atoms with Crippen LogP contribution in [-0.4, -0.2) is 12.4 Å². The minimum absolute atomic E-state index is 0.246. The van der Waals surface area contributed by atoms with Gasteiger partial charge in [-0.15, -0.1) is 0 Å². The van der Waals surface area contributed by atoms with Crippen LogP contribution in [0.15, 0.2) is 58.7 Å². The zero-order chi connectivity index (χ0) is 18.2. The molecule has 2 aromatic carbocycles. The minimum atomic E-state index is -0.246. The van der Waals surface area contributed by atoms with Crippen LogP contribution in [0.1, 0.15) is 68.1 Å². The van der Waals surface area contributed by atoms with E-state index in [1.54, 1.807) is 24.6 Å². The fourth-order valence-corrected chi connectivity index (χ4v) is 3.80. The van der Waals surface area contributed by atoms with Crippen molar-refractivity contribution in [2.45, 2.75) is 51.4 Å². The molecule has 0 radical (unpaired) electrons. The molecule has 1 saturated carbocycles. The standard InChI is InChI=1S/C23H27FN2/c1-2-3-18-4-10-21(11-5-18)22-12-6-19(7-13-22)16-25-26-17-20-8-14-23(24)15-9-20/h6-9,12-18,21H,2-5,10-11H2,1H3. The highest BCUT2D eigenvalue weighted by molar-refractivity contribution is 5.82. The molecular formula is C23H27FN2. The summed E-state index contributed by atoms with van der Waals surface area (Å²) in [6, 6.07) is 14.9. The number of rotatable bonds is 6. The summed E-state index contributed by atoms with van der Waals surface area (Å²) in [6.45, 7) is 2.29. The first-order valence-electron chi connectivity index (χ1n) is 9.66. The van der Waals surface area contributed by atoms with Gasteiger partial charge in [0.1, 0.15) is 5.82 Å². The first kappa shape index (κ1) is 18.5. The molecule has 0 heterocycles. The lowest BCUT2D eigenvalue weighted by Gasteiger charge is -2.28. The Labute approximate surface area is 155 Å². The summed E-state index contributed by atoms with van der Waals surface area (Å²) in [5, 5.41) is 8.11. The quantitative estimate of drug-likeness (QED) is 0.428. The second-order valence-electron chi connectivity index (χ2n) is 7.21. The third-order valence-electron chi connectivity index (χ3n) is 5.30. The van der Waals surface area contributed by atoms with Gasteiger partial charge in [0.25, 0.3) is 0 Å². The highest BCUT2D eigenvalue weighted by Gasteiger charge is 2.21. The summed E-state index contributed by atoms with van der Waals surface area (Å²) in [4.78, 5) is 0. The van der Waals surface area contributed by atoms with E-state index >= 15 is 0 Å². The Morgan fingerprint density at radius 2 is 1.38 bits per heavy atom. The van der Waals surface area contributed by atoms with Crippen molar-refractivity contribution in [3.8, 4) is 0 Å². The van der Waals surface area contributed by atoms with Gasteiger partial charge in [-0.3, -0.25) is 0 Å². The Bertz CT molecular complexity index is 724. The number of hydrogen-bond acceptors (Lipinski definition) is 2. The van der Waals surface area contributed by atoms with Crippen LogP contribution in [0, 0.1) is 11.7 Å². The van der Waals surface area contributed by atoms with Crippen LogP contribution in [0.4, 0.5) is 4.39 Å². The lowest BCUT2D eigenvalue weighted by atomic mass is 9.77. The first-order valence-corrected chi connectivity index (χ1v) is 9.66. The molecule has 0 spiro atoms. The van der Waals surface area contributed by atoms with E-state index in [4.69, 9.17) is 0 Å². The average Bonchev–Trinajstić information content (AvgIpc) is 2.68. The molecule has 3 heteroatoms. The Hall–Kier alpha value is -2.29. The highest BCUT2D eigenvalue weighted by Crippen LogP contribution is 2.37. The van der Waals surface area contributed by atoms with Gasteiger partial charge >= 0.3 is 0 Å². The summed E-state index contributed by atoms with van der Waals surface area (Å²) in [7, 11) is 0. The van der Waals surface area contributed by atoms with Gasteiger partial charge < -0.3 is 0 Å². The topological polar surface area (TPSA) is 24.7 Å². The van der Waals surface area contributed by atoms with Crippen molar-refractivity contribution in [2.24, 2.45) is 16.1 Å². The fraction of sp³-hybridized carbons (Fsp3) is 0.391. The molecule has 1 aliphatic rings. The Balaban J connectivity index is 1.52. The van der Waals surface area contributed by atoms with Gasteiger partial charge in [0.15, 0.2) is 0 Å². The van der Waals surface area contributed by atoms with Gasteiger partial charge in [0, 0.05) is 0 Å². The third kappa shape index (κ3) is 5.35. The van der Waals surface area contributed by atoms with Crippen LogP contribution >= 0.6 is 0 Å². The predicted molar refractivity (Wildman–Crippen MR) is 108 cm³/mol. The van der Waals surface area contributed by atoms with Crippen LogP contribution < -0.4 is 0 Å². The molecule has 0 amide bonds. The van der Waals surface area contributed by atoms with E-state index in [2.05, 4.69) is 41.4 Å². The van der Waals surface area contributed by atoms with Crippen LogP contribution in [0.2, 0.25) is 0 Å². The van der Waals surface area contributed by atoms with Gasteiger partial charge in [0.2, 0.25) is 0 Å². The summed E-state index contributed by atoms with van der Waals surface area (Å²) >= 11 is 0. The van der Waals surface area contributed by atoms with Crippen molar-refractivity contribution in [2.75, 3.05) is 0 Å². The van der Waals surface area contributed by atoms with E-state index < -0.39 is 0 Å². The molecule has 0 saturated heterocycles. The molecule has 1 aliphatic carbocycles. The molecule has 0 aromatic heterocycles. The Morgan fingerprint density at radius 3 is 1.92 bits per heavy atom. The second-order valence-corrected chi connectivity index (χ2v) is 7.21. The van der Waals surface area contributed by atoms with E-state index in [9.17, 15) is 4.39 Å². The van der Waals surface area contributed by atoms with Crippen molar-refractivity contribution >= 4 is 12.4 Å². The van der Waals surface area contributed by atoms with Gasteiger partial charge in [-0.2, -0.15) is 10.2 Å². The second kappa shape index (κ2) is 9.42. The summed E-state index contributed by atoms with van der Waals surface area (Å²) in [6.07, 6.45) is 11.5. The summed E-state index contributed by atoms with van der Waals surface area (Å²) in [5.41, 5.74) is 3.33. The SMILES string of the molecule is CCCC1CCC(c2ccc(C=NN=Cc3ccc(F)cc3)cc2)CC1. The molecule has 0 N–H and O–H groups in total. The van der Waals surface area contributed by atoms with E-state index in [0.29, 0.717) is 5.92 Å². The maximum Gasteiger partial charge on any atom is 0.123 e. The average molecular weight is 350 g/mol. The molecule has 0 atom stereocenters. The van der Waals surface area contributed by atoms with Gasteiger partial charge in [-0.25, -0.2) is 4.39 Å². The maximum absolute atomic E-state index is 12.8. The first-order chi connectivity index (χ1) is 12.7. The smallest absolute Gasteiger partial charge is 0.123 e. The molecule has 0 aliphatic heterocycles. The molecule has 3 rings (SSSR count). The Kier molecular flexibility index (Phi) is 6.70. The molecule has 2 aromatic rings. The molecule has 26 heavy (non-hydrogen) atoms. The minimum Gasteiger partial charge on any atom is -0.207 e. The molecule has 0 bridgehead atoms. The number of hydrogen-bond donors (Lipinski definition) is 0. The highest BCUT2D eigenvalue weighted by atomic mass is 19.1. The normalized spacial score (nSPS) is 20.8. The summed E-state index contributed by atoms with van der Waals surface area (Å²) in [5.74, 6) is 1.41. The zero-order valence-corrected chi connectivity index (χ0v) is 15.4. The van der Waals surface area contributed by atoms with E-state index in [0.717, 1.165) is 17.0 Å². The largest absolute Gasteiger partial charge is 0.207 e.